The Balaban J connectivity index is 0.00000312. The van der Waals surface area contributed by atoms with Crippen LogP contribution in [-0.4, -0.2) is 75.7 Å². The lowest BCUT2D eigenvalue weighted by atomic mass is 10.2. The van der Waals surface area contributed by atoms with E-state index in [1.54, 1.807) is 14.2 Å². The zero-order valence-electron chi connectivity index (χ0n) is 15.6. The number of nitrogens with one attached hydrogen (secondary N) is 2. The predicted molar refractivity (Wildman–Crippen MR) is 115 cm³/mol. The molecule has 1 aromatic rings. The minimum atomic E-state index is 0. The Kier molecular flexibility index (Phi) is 10.8. The quantitative estimate of drug-likeness (QED) is 0.367. The monoisotopic (exact) mass is 461 g/mol. The lowest BCUT2D eigenvalue weighted by molar-refractivity contribution is 0.139. The molecule has 1 aliphatic rings. The van der Waals surface area contributed by atoms with Crippen molar-refractivity contribution in [2.75, 3.05) is 60.0 Å². The van der Waals surface area contributed by atoms with Gasteiger partial charge in [0.15, 0.2) is 5.96 Å². The van der Waals surface area contributed by atoms with Gasteiger partial charge < -0.3 is 20.3 Å². The highest BCUT2D eigenvalue weighted by Gasteiger charge is 2.14. The molecule has 0 unspecified atom stereocenters. The summed E-state index contributed by atoms with van der Waals surface area (Å²) in [6, 6.07) is 8.04. The van der Waals surface area contributed by atoms with E-state index in [-0.39, 0.29) is 24.0 Å². The molecule has 0 radical (unpaired) electrons. The number of piperazine rings is 1. The molecule has 0 spiro atoms. The van der Waals surface area contributed by atoms with Gasteiger partial charge in [-0.3, -0.25) is 9.89 Å². The number of aliphatic imine (C=N–C) groups is 1. The number of halogens is 1. The molecule has 1 fully saturated rings. The molecule has 1 saturated heterocycles. The van der Waals surface area contributed by atoms with E-state index in [2.05, 4.69) is 38.4 Å². The number of guanidine groups is 1. The maximum absolute atomic E-state index is 5.38. The molecule has 2 N–H and O–H groups in total. The van der Waals surface area contributed by atoms with E-state index in [0.717, 1.165) is 50.0 Å². The molecule has 142 valence electrons. The number of para-hydroxylation sites is 1. The topological polar surface area (TPSA) is 52.1 Å². The summed E-state index contributed by atoms with van der Waals surface area (Å²) in [6.45, 7) is 10.7. The van der Waals surface area contributed by atoms with E-state index < -0.39 is 0 Å². The first-order valence-corrected chi connectivity index (χ1v) is 8.78. The highest BCUT2D eigenvalue weighted by Crippen LogP contribution is 2.16. The smallest absolute Gasteiger partial charge is 0.191 e. The zero-order valence-corrected chi connectivity index (χ0v) is 18.0. The first-order valence-electron chi connectivity index (χ1n) is 8.78. The van der Waals surface area contributed by atoms with Crippen molar-refractivity contribution >= 4 is 29.9 Å². The summed E-state index contributed by atoms with van der Waals surface area (Å²) in [5, 5.41) is 6.74. The fraction of sp³-hybridized carbons (Fsp3) is 0.611. The number of hydrogen-bond acceptors (Lipinski definition) is 4. The Morgan fingerprint density at radius 1 is 1.12 bits per heavy atom. The molecule has 7 heteroatoms. The second kappa shape index (κ2) is 12.3. The highest BCUT2D eigenvalue weighted by molar-refractivity contribution is 14.0. The van der Waals surface area contributed by atoms with Gasteiger partial charge in [0.2, 0.25) is 0 Å². The fourth-order valence-corrected chi connectivity index (χ4v) is 2.91. The molecule has 0 aliphatic carbocycles. The Morgan fingerprint density at radius 3 is 2.44 bits per heavy atom. The number of benzene rings is 1. The molecule has 1 aliphatic heterocycles. The van der Waals surface area contributed by atoms with Crippen LogP contribution in [0, 0.1) is 0 Å². The van der Waals surface area contributed by atoms with Gasteiger partial charge in [-0.2, -0.15) is 0 Å². The molecule has 2 rings (SSSR count). The lowest BCUT2D eigenvalue weighted by Gasteiger charge is -2.34. The van der Waals surface area contributed by atoms with Crippen LogP contribution in [0.5, 0.6) is 5.75 Å². The Morgan fingerprint density at radius 2 is 1.80 bits per heavy atom. The predicted octanol–water partition coefficient (Wildman–Crippen LogP) is 1.62. The van der Waals surface area contributed by atoms with Crippen molar-refractivity contribution in [2.24, 2.45) is 4.99 Å². The van der Waals surface area contributed by atoms with Gasteiger partial charge in [-0.25, -0.2) is 0 Å². The van der Waals surface area contributed by atoms with Gasteiger partial charge in [-0.15, -0.1) is 24.0 Å². The number of ether oxygens (including phenoxy) is 1. The van der Waals surface area contributed by atoms with Gasteiger partial charge in [0.25, 0.3) is 0 Å². The molecule has 0 saturated carbocycles. The summed E-state index contributed by atoms with van der Waals surface area (Å²) in [4.78, 5) is 9.30. The van der Waals surface area contributed by atoms with Gasteiger partial charge >= 0.3 is 0 Å². The van der Waals surface area contributed by atoms with Crippen molar-refractivity contribution in [1.29, 1.82) is 0 Å². The zero-order chi connectivity index (χ0) is 17.2. The molecule has 0 atom stereocenters. The number of rotatable bonds is 7. The molecule has 0 aromatic heterocycles. The normalized spacial score (nSPS) is 16.2. The summed E-state index contributed by atoms with van der Waals surface area (Å²) in [7, 11) is 3.50. The maximum atomic E-state index is 5.38. The SMILES string of the molecule is CCN1CCN(CCNC(=NC)NCc2ccccc2OC)CC1.I. The molecule has 0 bridgehead atoms. The summed E-state index contributed by atoms with van der Waals surface area (Å²) >= 11 is 0. The van der Waals surface area contributed by atoms with Crippen molar-refractivity contribution < 1.29 is 4.74 Å². The van der Waals surface area contributed by atoms with E-state index >= 15 is 0 Å². The maximum Gasteiger partial charge on any atom is 0.191 e. The van der Waals surface area contributed by atoms with Crippen molar-refractivity contribution in [3.05, 3.63) is 29.8 Å². The summed E-state index contributed by atoms with van der Waals surface area (Å²) < 4.78 is 5.38. The number of nitrogens with zero attached hydrogens (tertiary/aromatic N) is 3. The molecule has 0 amide bonds. The average molecular weight is 461 g/mol. The van der Waals surface area contributed by atoms with Crippen LogP contribution in [-0.2, 0) is 6.54 Å². The van der Waals surface area contributed by atoms with Crippen LogP contribution >= 0.6 is 24.0 Å². The second-order valence-corrected chi connectivity index (χ2v) is 5.94. The van der Waals surface area contributed by atoms with Crippen LogP contribution in [0.15, 0.2) is 29.3 Å². The third-order valence-electron chi connectivity index (χ3n) is 4.50. The van der Waals surface area contributed by atoms with Gasteiger partial charge in [0, 0.05) is 58.4 Å². The van der Waals surface area contributed by atoms with Gasteiger partial charge in [0.1, 0.15) is 5.75 Å². The number of hydrogen-bond donors (Lipinski definition) is 2. The molecule has 25 heavy (non-hydrogen) atoms. The third-order valence-corrected chi connectivity index (χ3v) is 4.50. The Hall–Kier alpha value is -1.06. The van der Waals surface area contributed by atoms with E-state index in [9.17, 15) is 0 Å². The van der Waals surface area contributed by atoms with Crippen LogP contribution in [0.25, 0.3) is 0 Å². The van der Waals surface area contributed by atoms with E-state index in [1.807, 2.05) is 18.2 Å². The highest BCUT2D eigenvalue weighted by atomic mass is 127. The van der Waals surface area contributed by atoms with Crippen molar-refractivity contribution in [1.82, 2.24) is 20.4 Å². The van der Waals surface area contributed by atoms with Crippen molar-refractivity contribution in [2.45, 2.75) is 13.5 Å². The average Bonchev–Trinajstić information content (AvgIpc) is 2.65. The van der Waals surface area contributed by atoms with Gasteiger partial charge in [-0.1, -0.05) is 25.1 Å². The molecule has 1 aromatic carbocycles. The Labute approximate surface area is 169 Å². The Bertz CT molecular complexity index is 518. The molecular weight excluding hydrogens is 429 g/mol. The first-order chi connectivity index (χ1) is 11.8. The van der Waals surface area contributed by atoms with E-state index in [1.165, 1.54) is 13.1 Å². The summed E-state index contributed by atoms with van der Waals surface area (Å²) in [5.41, 5.74) is 1.12. The molecular formula is C18H32IN5O. The molecule has 6 nitrogen and oxygen atoms in total. The standard InChI is InChI=1S/C18H31N5O.HI/c1-4-22-11-13-23(14-12-22)10-9-20-18(19-2)21-15-16-7-5-6-8-17(16)24-3;/h5-8H,4,9-15H2,1-3H3,(H2,19,20,21);1H. The first kappa shape index (κ1) is 22.0. The van der Waals surface area contributed by atoms with Crippen LogP contribution in [0.1, 0.15) is 12.5 Å². The van der Waals surface area contributed by atoms with E-state index in [0.29, 0.717) is 6.54 Å². The minimum Gasteiger partial charge on any atom is -0.496 e. The minimum absolute atomic E-state index is 0. The van der Waals surface area contributed by atoms with Crippen LogP contribution in [0.2, 0.25) is 0 Å². The summed E-state index contributed by atoms with van der Waals surface area (Å²) in [5.74, 6) is 1.72. The molecule has 1 heterocycles. The van der Waals surface area contributed by atoms with Crippen LogP contribution in [0.4, 0.5) is 0 Å². The largest absolute Gasteiger partial charge is 0.496 e. The van der Waals surface area contributed by atoms with Crippen LogP contribution < -0.4 is 15.4 Å². The lowest BCUT2D eigenvalue weighted by Crippen LogP contribution is -2.49. The van der Waals surface area contributed by atoms with Gasteiger partial charge in [-0.05, 0) is 12.6 Å². The number of methoxy groups -OCH3 is 1. The van der Waals surface area contributed by atoms with Crippen LogP contribution in [0.3, 0.4) is 0 Å². The van der Waals surface area contributed by atoms with Crippen molar-refractivity contribution in [3.63, 3.8) is 0 Å². The summed E-state index contributed by atoms with van der Waals surface area (Å²) in [6.07, 6.45) is 0. The number of likely N-dealkylation sites (N-methyl/N-ethyl adjacent to an activating group) is 1. The van der Waals surface area contributed by atoms with E-state index in [4.69, 9.17) is 4.74 Å². The van der Waals surface area contributed by atoms with Crippen molar-refractivity contribution in [3.8, 4) is 5.75 Å². The fourth-order valence-electron chi connectivity index (χ4n) is 2.91. The van der Waals surface area contributed by atoms with Gasteiger partial charge in [0.05, 0.1) is 7.11 Å². The third kappa shape index (κ3) is 7.37. The second-order valence-electron chi connectivity index (χ2n) is 5.94.